The molecule has 0 bridgehead atoms. The largest absolute Gasteiger partial charge is 0.312 e. The van der Waals surface area contributed by atoms with Gasteiger partial charge in [-0.3, -0.25) is 4.68 Å². The van der Waals surface area contributed by atoms with E-state index in [9.17, 15) is 0 Å². The molecule has 0 amide bonds. The SMILES string of the molecule is CCC(CC)Cn1c(CCl)nc2c(C)nn(C)c21. The average Bonchev–Trinajstić information content (AvgIpc) is 2.86. The Morgan fingerprint density at radius 1 is 1.28 bits per heavy atom. The number of aryl methyl sites for hydroxylation is 2. The van der Waals surface area contributed by atoms with Gasteiger partial charge in [0.15, 0.2) is 5.65 Å². The number of aromatic nitrogens is 4. The first kappa shape index (κ1) is 13.4. The van der Waals surface area contributed by atoms with E-state index in [0.29, 0.717) is 11.8 Å². The maximum absolute atomic E-state index is 6.02. The van der Waals surface area contributed by atoms with Gasteiger partial charge in [-0.15, -0.1) is 11.6 Å². The molecule has 0 aliphatic carbocycles. The molecule has 0 N–H and O–H groups in total. The van der Waals surface area contributed by atoms with Crippen LogP contribution in [0.3, 0.4) is 0 Å². The first-order valence-electron chi connectivity index (χ1n) is 6.56. The molecule has 0 fully saturated rings. The second-order valence-corrected chi connectivity index (χ2v) is 5.10. The van der Waals surface area contributed by atoms with E-state index < -0.39 is 0 Å². The van der Waals surface area contributed by atoms with Gasteiger partial charge in [-0.2, -0.15) is 5.10 Å². The molecule has 0 radical (unpaired) electrons. The first-order valence-corrected chi connectivity index (χ1v) is 7.10. The van der Waals surface area contributed by atoms with Crippen LogP contribution in [0.25, 0.3) is 11.2 Å². The van der Waals surface area contributed by atoms with Gasteiger partial charge in [0.1, 0.15) is 11.3 Å². The summed E-state index contributed by atoms with van der Waals surface area (Å²) in [7, 11) is 1.97. The number of nitrogens with zero attached hydrogens (tertiary/aromatic N) is 4. The highest BCUT2D eigenvalue weighted by atomic mass is 35.5. The number of hydrogen-bond acceptors (Lipinski definition) is 2. The monoisotopic (exact) mass is 268 g/mol. The van der Waals surface area contributed by atoms with Crippen LogP contribution in [0, 0.1) is 12.8 Å². The lowest BCUT2D eigenvalue weighted by Crippen LogP contribution is -2.13. The summed E-state index contributed by atoms with van der Waals surface area (Å²) >= 11 is 6.02. The van der Waals surface area contributed by atoms with Crippen molar-refractivity contribution in [1.82, 2.24) is 19.3 Å². The van der Waals surface area contributed by atoms with Gasteiger partial charge in [-0.1, -0.05) is 26.7 Å². The lowest BCUT2D eigenvalue weighted by Gasteiger charge is -2.15. The standard InChI is InChI=1S/C13H21ClN4/c1-5-10(6-2)8-18-11(7-14)15-12-9(3)16-17(4)13(12)18/h10H,5-8H2,1-4H3. The predicted molar refractivity (Wildman–Crippen MR) is 74.9 cm³/mol. The average molecular weight is 269 g/mol. The molecule has 0 aliphatic heterocycles. The van der Waals surface area contributed by atoms with Crippen LogP contribution in [-0.4, -0.2) is 19.3 Å². The zero-order valence-corrected chi connectivity index (χ0v) is 12.3. The van der Waals surface area contributed by atoms with Gasteiger partial charge >= 0.3 is 0 Å². The van der Waals surface area contributed by atoms with Crippen molar-refractivity contribution in [3.8, 4) is 0 Å². The highest BCUT2D eigenvalue weighted by Crippen LogP contribution is 2.23. The Balaban J connectivity index is 2.52. The third kappa shape index (κ3) is 2.14. The van der Waals surface area contributed by atoms with E-state index >= 15 is 0 Å². The van der Waals surface area contributed by atoms with Gasteiger partial charge in [0, 0.05) is 13.6 Å². The van der Waals surface area contributed by atoms with Gasteiger partial charge in [0.25, 0.3) is 0 Å². The number of fused-ring (bicyclic) bond motifs is 1. The first-order chi connectivity index (χ1) is 8.62. The van der Waals surface area contributed by atoms with Crippen molar-refractivity contribution in [2.45, 2.75) is 46.0 Å². The van der Waals surface area contributed by atoms with Crippen molar-refractivity contribution < 1.29 is 0 Å². The minimum absolute atomic E-state index is 0.453. The summed E-state index contributed by atoms with van der Waals surface area (Å²) in [5.74, 6) is 2.07. The number of rotatable bonds is 5. The maximum atomic E-state index is 6.02. The summed E-state index contributed by atoms with van der Waals surface area (Å²) in [6.45, 7) is 7.44. The fourth-order valence-corrected chi connectivity index (χ4v) is 2.68. The summed E-state index contributed by atoms with van der Waals surface area (Å²) in [6, 6.07) is 0. The third-order valence-corrected chi connectivity index (χ3v) is 3.92. The molecule has 0 aliphatic rings. The summed E-state index contributed by atoms with van der Waals surface area (Å²) < 4.78 is 4.15. The van der Waals surface area contributed by atoms with Crippen LogP contribution in [0.5, 0.6) is 0 Å². The van der Waals surface area contributed by atoms with Gasteiger partial charge in [0.05, 0.1) is 11.6 Å². The molecular formula is C13H21ClN4. The predicted octanol–water partition coefficient (Wildman–Crippen LogP) is 3.25. The number of hydrogen-bond donors (Lipinski definition) is 0. The van der Waals surface area contributed by atoms with Crippen LogP contribution in [-0.2, 0) is 19.5 Å². The molecule has 5 heteroatoms. The Bertz CT molecular complexity index is 537. The summed E-state index contributed by atoms with van der Waals surface area (Å²) in [4.78, 5) is 4.62. The Labute approximate surface area is 113 Å². The molecule has 0 unspecified atom stereocenters. The van der Waals surface area contributed by atoms with Crippen LogP contribution >= 0.6 is 11.6 Å². The molecule has 18 heavy (non-hydrogen) atoms. The molecular weight excluding hydrogens is 248 g/mol. The Morgan fingerprint density at radius 2 is 1.94 bits per heavy atom. The Morgan fingerprint density at radius 3 is 2.50 bits per heavy atom. The van der Waals surface area contributed by atoms with Crippen molar-refractivity contribution >= 4 is 22.8 Å². The van der Waals surface area contributed by atoms with Crippen molar-refractivity contribution in [2.75, 3.05) is 0 Å². The van der Waals surface area contributed by atoms with Crippen LogP contribution in [0.1, 0.15) is 38.2 Å². The zero-order chi connectivity index (χ0) is 13.3. The number of alkyl halides is 1. The van der Waals surface area contributed by atoms with Gasteiger partial charge in [-0.25, -0.2) is 4.98 Å². The van der Waals surface area contributed by atoms with E-state index in [0.717, 1.165) is 29.2 Å². The number of halogens is 1. The Hall–Kier alpha value is -1.03. The van der Waals surface area contributed by atoms with Gasteiger partial charge in [0.2, 0.25) is 0 Å². The summed E-state index contributed by atoms with van der Waals surface area (Å²) in [5, 5.41) is 4.44. The minimum Gasteiger partial charge on any atom is -0.312 e. The van der Waals surface area contributed by atoms with Crippen LogP contribution in [0.15, 0.2) is 0 Å². The second kappa shape index (κ2) is 5.31. The highest BCUT2D eigenvalue weighted by molar-refractivity contribution is 6.16. The lowest BCUT2D eigenvalue weighted by molar-refractivity contribution is 0.415. The summed E-state index contributed by atoms with van der Waals surface area (Å²) in [5.41, 5.74) is 3.05. The van der Waals surface area contributed by atoms with Crippen LogP contribution < -0.4 is 0 Å². The molecule has 0 saturated carbocycles. The molecule has 0 atom stereocenters. The van der Waals surface area contributed by atoms with Crippen molar-refractivity contribution in [1.29, 1.82) is 0 Å². The fraction of sp³-hybridized carbons (Fsp3) is 0.692. The smallest absolute Gasteiger partial charge is 0.158 e. The highest BCUT2D eigenvalue weighted by Gasteiger charge is 2.18. The van der Waals surface area contributed by atoms with E-state index in [-0.39, 0.29) is 0 Å². The Kier molecular flexibility index (Phi) is 3.95. The lowest BCUT2D eigenvalue weighted by atomic mass is 10.0. The van der Waals surface area contributed by atoms with Crippen LogP contribution in [0.4, 0.5) is 0 Å². The van der Waals surface area contributed by atoms with Gasteiger partial charge < -0.3 is 4.57 Å². The summed E-state index contributed by atoms with van der Waals surface area (Å²) in [6.07, 6.45) is 2.35. The molecule has 100 valence electrons. The second-order valence-electron chi connectivity index (χ2n) is 4.84. The molecule has 0 saturated heterocycles. The third-order valence-electron chi connectivity index (χ3n) is 3.68. The van der Waals surface area contributed by atoms with E-state index in [4.69, 9.17) is 11.6 Å². The molecule has 2 aromatic rings. The van der Waals surface area contributed by atoms with Gasteiger partial charge in [-0.05, 0) is 12.8 Å². The molecule has 0 aromatic carbocycles. The topological polar surface area (TPSA) is 35.6 Å². The van der Waals surface area contributed by atoms with E-state index in [1.165, 1.54) is 12.8 Å². The molecule has 2 aromatic heterocycles. The maximum Gasteiger partial charge on any atom is 0.158 e. The van der Waals surface area contributed by atoms with Crippen molar-refractivity contribution in [2.24, 2.45) is 13.0 Å². The quantitative estimate of drug-likeness (QED) is 0.781. The van der Waals surface area contributed by atoms with Crippen molar-refractivity contribution in [3.05, 3.63) is 11.5 Å². The normalized spacial score (nSPS) is 11.9. The zero-order valence-electron chi connectivity index (χ0n) is 11.6. The molecule has 2 rings (SSSR count). The molecule has 4 nitrogen and oxygen atoms in total. The van der Waals surface area contributed by atoms with Crippen molar-refractivity contribution in [3.63, 3.8) is 0 Å². The number of imidazole rings is 1. The van der Waals surface area contributed by atoms with E-state index in [1.807, 2.05) is 18.7 Å². The van der Waals surface area contributed by atoms with Crippen LogP contribution in [0.2, 0.25) is 0 Å². The van der Waals surface area contributed by atoms with E-state index in [1.54, 1.807) is 0 Å². The molecule has 0 spiro atoms. The minimum atomic E-state index is 0.453. The molecule has 2 heterocycles. The fourth-order valence-electron chi connectivity index (χ4n) is 2.48. The van der Waals surface area contributed by atoms with E-state index in [2.05, 4.69) is 28.5 Å².